The van der Waals surface area contributed by atoms with Gasteiger partial charge in [-0.3, -0.25) is 4.90 Å². The molecule has 0 fully saturated rings. The van der Waals surface area contributed by atoms with Crippen LogP contribution in [0.3, 0.4) is 0 Å². The van der Waals surface area contributed by atoms with Crippen molar-refractivity contribution in [2.75, 3.05) is 19.3 Å². The van der Waals surface area contributed by atoms with Crippen LogP contribution in [-0.4, -0.2) is 38.4 Å². The summed E-state index contributed by atoms with van der Waals surface area (Å²) in [6, 6.07) is 12.8. The lowest BCUT2D eigenvalue weighted by Crippen LogP contribution is -2.42. The van der Waals surface area contributed by atoms with Crippen LogP contribution in [0.2, 0.25) is 10.0 Å². The lowest BCUT2D eigenvalue weighted by molar-refractivity contribution is -0.0145. The number of nitrogens with zero attached hydrogens (tertiary/aromatic N) is 4. The molecule has 6 nitrogen and oxygen atoms in total. The molecule has 0 saturated heterocycles. The predicted octanol–water partition coefficient (Wildman–Crippen LogP) is 3.19. The number of rotatable bonds is 7. The van der Waals surface area contributed by atoms with Crippen LogP contribution in [0.25, 0.3) is 0 Å². The van der Waals surface area contributed by atoms with E-state index in [-0.39, 0.29) is 6.54 Å². The van der Waals surface area contributed by atoms with Gasteiger partial charge in [0.25, 0.3) is 0 Å². The molecule has 0 aliphatic carbocycles. The molecule has 27 heavy (non-hydrogen) atoms. The Morgan fingerprint density at radius 2 is 1.93 bits per heavy atom. The monoisotopic (exact) mass is 405 g/mol. The largest absolute Gasteiger partial charge is 0.399 e. The summed E-state index contributed by atoms with van der Waals surface area (Å²) < 4.78 is 1.59. The molecule has 142 valence electrons. The van der Waals surface area contributed by atoms with Crippen molar-refractivity contribution in [3.05, 3.63) is 76.3 Å². The number of hydrogen-bond donors (Lipinski definition) is 2. The van der Waals surface area contributed by atoms with E-state index < -0.39 is 5.60 Å². The standard InChI is InChI=1S/C19H21Cl2N5O/c1-25(9-14-2-5-16(22)6-3-14)10-19(27,11-26-13-23-12-24-26)17-7-4-15(20)8-18(17)21/h2-8,12-13,27H,9-11,22H2,1H3. The highest BCUT2D eigenvalue weighted by Gasteiger charge is 2.34. The van der Waals surface area contributed by atoms with Gasteiger partial charge < -0.3 is 10.8 Å². The van der Waals surface area contributed by atoms with Crippen LogP contribution in [0, 0.1) is 0 Å². The summed E-state index contributed by atoms with van der Waals surface area (Å²) in [7, 11) is 1.94. The number of nitrogens with two attached hydrogens (primary N) is 1. The van der Waals surface area contributed by atoms with E-state index in [4.69, 9.17) is 28.9 Å². The zero-order valence-electron chi connectivity index (χ0n) is 14.9. The first kappa shape index (κ1) is 19.6. The van der Waals surface area contributed by atoms with E-state index in [1.54, 1.807) is 29.2 Å². The van der Waals surface area contributed by atoms with Gasteiger partial charge in [0.2, 0.25) is 0 Å². The number of anilines is 1. The Labute approximate surface area is 168 Å². The van der Waals surface area contributed by atoms with E-state index in [2.05, 4.69) is 10.1 Å². The van der Waals surface area contributed by atoms with Gasteiger partial charge in [-0.15, -0.1) is 0 Å². The molecule has 0 aliphatic rings. The Bertz CT molecular complexity index is 886. The van der Waals surface area contributed by atoms with Crippen molar-refractivity contribution < 1.29 is 5.11 Å². The van der Waals surface area contributed by atoms with Crippen molar-refractivity contribution in [2.45, 2.75) is 18.7 Å². The van der Waals surface area contributed by atoms with Crippen LogP contribution < -0.4 is 5.73 Å². The molecular weight excluding hydrogens is 385 g/mol. The fourth-order valence-corrected chi connectivity index (χ4v) is 3.69. The molecule has 3 N–H and O–H groups in total. The Morgan fingerprint density at radius 1 is 1.19 bits per heavy atom. The Kier molecular flexibility index (Phi) is 6.01. The summed E-state index contributed by atoms with van der Waals surface area (Å²) in [4.78, 5) is 5.97. The Hall–Kier alpha value is -2.12. The molecule has 0 bridgehead atoms. The molecule has 0 spiro atoms. The predicted molar refractivity (Wildman–Crippen MR) is 108 cm³/mol. The van der Waals surface area contributed by atoms with Crippen LogP contribution in [0.5, 0.6) is 0 Å². The van der Waals surface area contributed by atoms with Gasteiger partial charge in [-0.1, -0.05) is 41.4 Å². The molecule has 1 aromatic heterocycles. The van der Waals surface area contributed by atoms with Gasteiger partial charge in [-0.05, 0) is 36.9 Å². The number of aromatic nitrogens is 3. The number of nitrogen functional groups attached to an aromatic ring is 1. The van der Waals surface area contributed by atoms with Gasteiger partial charge in [0, 0.05) is 34.4 Å². The first-order valence-electron chi connectivity index (χ1n) is 8.39. The summed E-state index contributed by atoms with van der Waals surface area (Å²) in [5.41, 5.74) is 6.87. The average molecular weight is 406 g/mol. The van der Waals surface area contributed by atoms with E-state index in [1.807, 2.05) is 36.2 Å². The number of benzene rings is 2. The van der Waals surface area contributed by atoms with Crippen molar-refractivity contribution in [1.82, 2.24) is 19.7 Å². The summed E-state index contributed by atoms with van der Waals surface area (Å²) >= 11 is 12.4. The molecule has 0 radical (unpaired) electrons. The van der Waals surface area contributed by atoms with E-state index in [0.29, 0.717) is 28.7 Å². The van der Waals surface area contributed by atoms with E-state index in [1.165, 1.54) is 6.33 Å². The molecule has 0 amide bonds. The molecule has 1 atom stereocenters. The molecule has 8 heteroatoms. The zero-order valence-corrected chi connectivity index (χ0v) is 16.4. The number of aliphatic hydroxyl groups is 1. The van der Waals surface area contributed by atoms with Gasteiger partial charge in [-0.2, -0.15) is 5.10 Å². The topological polar surface area (TPSA) is 80.2 Å². The molecule has 3 aromatic rings. The Morgan fingerprint density at radius 3 is 2.56 bits per heavy atom. The molecule has 3 rings (SSSR count). The van der Waals surface area contributed by atoms with E-state index >= 15 is 0 Å². The maximum Gasteiger partial charge on any atom is 0.137 e. The SMILES string of the molecule is CN(Cc1ccc(N)cc1)CC(O)(Cn1cncn1)c1ccc(Cl)cc1Cl. The third-order valence-electron chi connectivity index (χ3n) is 4.29. The highest BCUT2D eigenvalue weighted by atomic mass is 35.5. The fourth-order valence-electron chi connectivity index (χ4n) is 3.11. The maximum absolute atomic E-state index is 11.5. The third-order valence-corrected chi connectivity index (χ3v) is 4.83. The van der Waals surface area contributed by atoms with Gasteiger partial charge >= 0.3 is 0 Å². The fraction of sp³-hybridized carbons (Fsp3) is 0.263. The third kappa shape index (κ3) is 4.99. The van der Waals surface area contributed by atoms with Crippen molar-refractivity contribution in [3.8, 4) is 0 Å². The summed E-state index contributed by atoms with van der Waals surface area (Å²) in [5.74, 6) is 0. The molecule has 1 heterocycles. The normalized spacial score (nSPS) is 13.7. The van der Waals surface area contributed by atoms with Gasteiger partial charge in [0.05, 0.1) is 6.54 Å². The molecule has 2 aromatic carbocycles. The van der Waals surface area contributed by atoms with Crippen LogP contribution >= 0.6 is 23.2 Å². The number of likely N-dealkylation sites (N-methyl/N-ethyl adjacent to an activating group) is 1. The van der Waals surface area contributed by atoms with Crippen LogP contribution in [-0.2, 0) is 18.7 Å². The minimum Gasteiger partial charge on any atom is -0.399 e. The lowest BCUT2D eigenvalue weighted by Gasteiger charge is -2.33. The van der Waals surface area contributed by atoms with Crippen LogP contribution in [0.15, 0.2) is 55.1 Å². The molecule has 0 saturated carbocycles. The number of hydrogen-bond acceptors (Lipinski definition) is 5. The quantitative estimate of drug-likeness (QED) is 0.589. The van der Waals surface area contributed by atoms with Crippen LogP contribution in [0.4, 0.5) is 5.69 Å². The second-order valence-electron chi connectivity index (χ2n) is 6.66. The van der Waals surface area contributed by atoms with Crippen molar-refractivity contribution in [3.63, 3.8) is 0 Å². The van der Waals surface area contributed by atoms with E-state index in [9.17, 15) is 5.11 Å². The van der Waals surface area contributed by atoms with Gasteiger partial charge in [0.1, 0.15) is 18.3 Å². The van der Waals surface area contributed by atoms with Crippen LogP contribution in [0.1, 0.15) is 11.1 Å². The summed E-state index contributed by atoms with van der Waals surface area (Å²) in [6.45, 7) is 1.18. The van der Waals surface area contributed by atoms with Gasteiger partial charge in [-0.25, -0.2) is 9.67 Å². The highest BCUT2D eigenvalue weighted by molar-refractivity contribution is 6.35. The Balaban J connectivity index is 1.85. The first-order valence-corrected chi connectivity index (χ1v) is 9.14. The molecule has 0 aliphatic heterocycles. The summed E-state index contributed by atoms with van der Waals surface area (Å²) in [6.07, 6.45) is 3.00. The second kappa shape index (κ2) is 8.27. The zero-order chi connectivity index (χ0) is 19.4. The minimum atomic E-state index is -1.28. The maximum atomic E-state index is 11.5. The van der Waals surface area contributed by atoms with E-state index in [0.717, 1.165) is 11.3 Å². The smallest absolute Gasteiger partial charge is 0.137 e. The van der Waals surface area contributed by atoms with Crippen molar-refractivity contribution in [2.24, 2.45) is 0 Å². The highest BCUT2D eigenvalue weighted by Crippen LogP contribution is 2.32. The lowest BCUT2D eigenvalue weighted by atomic mass is 9.92. The van der Waals surface area contributed by atoms with Gasteiger partial charge in [0.15, 0.2) is 0 Å². The number of halogens is 2. The average Bonchev–Trinajstić information content (AvgIpc) is 3.09. The molecule has 1 unspecified atom stereocenters. The minimum absolute atomic E-state index is 0.209. The van der Waals surface area contributed by atoms with Crippen molar-refractivity contribution in [1.29, 1.82) is 0 Å². The summed E-state index contributed by atoms with van der Waals surface area (Å²) in [5, 5.41) is 16.6. The molecular formula is C19H21Cl2N5O. The second-order valence-corrected chi connectivity index (χ2v) is 7.51. The van der Waals surface area contributed by atoms with Crippen molar-refractivity contribution >= 4 is 28.9 Å². The first-order chi connectivity index (χ1) is 12.9.